The summed E-state index contributed by atoms with van der Waals surface area (Å²) in [4.78, 5) is 8.95. The van der Waals surface area contributed by atoms with Gasteiger partial charge in [-0.1, -0.05) is 12.1 Å². The van der Waals surface area contributed by atoms with Crippen LogP contribution >= 0.6 is 15.9 Å². The van der Waals surface area contributed by atoms with Gasteiger partial charge in [-0.3, -0.25) is 4.57 Å². The maximum Gasteiger partial charge on any atom is 0.207 e. The molecule has 106 valence electrons. The molecule has 4 nitrogen and oxygen atoms in total. The SMILES string of the molecule is Nc1nc2cc(Br)cnc2n1-c1cccc2c1CCCC2. The second-order valence-electron chi connectivity index (χ2n) is 5.42. The Morgan fingerprint density at radius 3 is 2.95 bits per heavy atom. The highest BCUT2D eigenvalue weighted by Crippen LogP contribution is 2.31. The molecule has 0 saturated heterocycles. The summed E-state index contributed by atoms with van der Waals surface area (Å²) < 4.78 is 2.89. The lowest BCUT2D eigenvalue weighted by atomic mass is 9.90. The third-order valence-corrected chi connectivity index (χ3v) is 4.54. The molecule has 4 rings (SSSR count). The molecule has 0 saturated carbocycles. The fourth-order valence-electron chi connectivity index (χ4n) is 3.17. The van der Waals surface area contributed by atoms with Crippen molar-refractivity contribution in [2.24, 2.45) is 0 Å². The van der Waals surface area contributed by atoms with E-state index in [1.807, 2.05) is 10.6 Å². The first-order valence-corrected chi connectivity index (χ1v) is 7.94. The number of nitrogens with zero attached hydrogens (tertiary/aromatic N) is 3. The molecule has 0 radical (unpaired) electrons. The summed E-state index contributed by atoms with van der Waals surface area (Å²) in [6.07, 6.45) is 6.53. The van der Waals surface area contributed by atoms with Crippen LogP contribution in [0.1, 0.15) is 24.0 Å². The molecule has 3 aromatic rings. The van der Waals surface area contributed by atoms with Crippen molar-refractivity contribution in [1.29, 1.82) is 0 Å². The average molecular weight is 343 g/mol. The van der Waals surface area contributed by atoms with Crippen molar-refractivity contribution < 1.29 is 0 Å². The first kappa shape index (κ1) is 12.8. The topological polar surface area (TPSA) is 56.7 Å². The number of nitrogen functional groups attached to an aromatic ring is 1. The second kappa shape index (κ2) is 4.84. The average Bonchev–Trinajstić information content (AvgIpc) is 2.81. The molecular formula is C16H15BrN4. The van der Waals surface area contributed by atoms with Gasteiger partial charge in [0.05, 0.1) is 5.69 Å². The Hall–Kier alpha value is -1.88. The van der Waals surface area contributed by atoms with Crippen molar-refractivity contribution in [1.82, 2.24) is 14.5 Å². The lowest BCUT2D eigenvalue weighted by molar-refractivity contribution is 0.682. The van der Waals surface area contributed by atoms with Crippen LogP contribution < -0.4 is 5.73 Å². The van der Waals surface area contributed by atoms with E-state index in [1.165, 1.54) is 24.0 Å². The van der Waals surface area contributed by atoms with E-state index in [1.54, 1.807) is 6.20 Å². The van der Waals surface area contributed by atoms with E-state index in [2.05, 4.69) is 44.1 Å². The Bertz CT molecular complexity index is 838. The number of hydrogen-bond donors (Lipinski definition) is 1. The maximum absolute atomic E-state index is 6.17. The van der Waals surface area contributed by atoms with Crippen LogP contribution in [-0.4, -0.2) is 14.5 Å². The Labute approximate surface area is 131 Å². The number of aryl methyl sites for hydroxylation is 1. The number of rotatable bonds is 1. The van der Waals surface area contributed by atoms with Crippen LogP contribution in [0.25, 0.3) is 16.9 Å². The predicted molar refractivity (Wildman–Crippen MR) is 87.6 cm³/mol. The highest BCUT2D eigenvalue weighted by molar-refractivity contribution is 9.10. The molecule has 0 spiro atoms. The Morgan fingerprint density at radius 1 is 1.19 bits per heavy atom. The van der Waals surface area contributed by atoms with Gasteiger partial charge < -0.3 is 5.73 Å². The van der Waals surface area contributed by atoms with Gasteiger partial charge in [0, 0.05) is 10.7 Å². The van der Waals surface area contributed by atoms with Crippen molar-refractivity contribution in [3.8, 4) is 5.69 Å². The van der Waals surface area contributed by atoms with Crippen LogP contribution in [0.4, 0.5) is 5.95 Å². The van der Waals surface area contributed by atoms with E-state index < -0.39 is 0 Å². The zero-order valence-corrected chi connectivity index (χ0v) is 13.1. The predicted octanol–water partition coefficient (Wildman–Crippen LogP) is 3.64. The van der Waals surface area contributed by atoms with E-state index in [9.17, 15) is 0 Å². The minimum absolute atomic E-state index is 0.495. The standard InChI is InChI=1S/C16H15BrN4/c17-11-8-13-15(19-9-11)21(16(18)20-13)14-7-3-5-10-4-1-2-6-12(10)14/h3,5,7-9H,1-2,4,6H2,(H2,18,20). The molecule has 21 heavy (non-hydrogen) atoms. The number of pyridine rings is 1. The highest BCUT2D eigenvalue weighted by Gasteiger charge is 2.18. The van der Waals surface area contributed by atoms with Gasteiger partial charge in [0.25, 0.3) is 0 Å². The minimum atomic E-state index is 0.495. The van der Waals surface area contributed by atoms with Gasteiger partial charge in [-0.05, 0) is 64.9 Å². The van der Waals surface area contributed by atoms with E-state index in [4.69, 9.17) is 5.73 Å². The van der Waals surface area contributed by atoms with Crippen LogP contribution in [-0.2, 0) is 12.8 Å². The number of anilines is 1. The van der Waals surface area contributed by atoms with Crippen molar-refractivity contribution in [3.05, 3.63) is 46.1 Å². The summed E-state index contributed by atoms with van der Waals surface area (Å²) in [5, 5.41) is 0. The van der Waals surface area contributed by atoms with Gasteiger partial charge in [-0.25, -0.2) is 9.97 Å². The fraction of sp³-hybridized carbons (Fsp3) is 0.250. The van der Waals surface area contributed by atoms with Crippen LogP contribution in [0.3, 0.4) is 0 Å². The van der Waals surface area contributed by atoms with E-state index in [0.29, 0.717) is 5.95 Å². The molecule has 1 aromatic carbocycles. The number of fused-ring (bicyclic) bond motifs is 2. The maximum atomic E-state index is 6.17. The number of nitrogens with two attached hydrogens (primary N) is 1. The number of hydrogen-bond acceptors (Lipinski definition) is 3. The van der Waals surface area contributed by atoms with Crippen LogP contribution in [0.2, 0.25) is 0 Å². The lowest BCUT2D eigenvalue weighted by Crippen LogP contribution is -2.10. The van der Waals surface area contributed by atoms with Crippen molar-refractivity contribution in [2.45, 2.75) is 25.7 Å². The summed E-state index contributed by atoms with van der Waals surface area (Å²) in [5.41, 5.74) is 11.7. The molecule has 1 aliphatic carbocycles. The molecule has 0 fully saturated rings. The van der Waals surface area contributed by atoms with Gasteiger partial charge in [0.1, 0.15) is 5.52 Å². The molecule has 2 aromatic heterocycles. The van der Waals surface area contributed by atoms with Gasteiger partial charge >= 0.3 is 0 Å². The third kappa shape index (κ3) is 2.03. The smallest absolute Gasteiger partial charge is 0.207 e. The lowest BCUT2D eigenvalue weighted by Gasteiger charge is -2.20. The Morgan fingerprint density at radius 2 is 2.05 bits per heavy atom. The summed E-state index contributed by atoms with van der Waals surface area (Å²) >= 11 is 3.43. The fourth-order valence-corrected chi connectivity index (χ4v) is 3.49. The molecule has 2 N–H and O–H groups in total. The molecule has 5 heteroatoms. The van der Waals surface area contributed by atoms with Gasteiger partial charge in [-0.15, -0.1) is 0 Å². The largest absolute Gasteiger partial charge is 0.369 e. The molecule has 0 atom stereocenters. The molecular weight excluding hydrogens is 328 g/mol. The van der Waals surface area contributed by atoms with Crippen molar-refractivity contribution in [3.63, 3.8) is 0 Å². The molecule has 2 heterocycles. The molecule has 0 bridgehead atoms. The van der Waals surface area contributed by atoms with Gasteiger partial charge in [-0.2, -0.15) is 0 Å². The minimum Gasteiger partial charge on any atom is -0.369 e. The summed E-state index contributed by atoms with van der Waals surface area (Å²) in [6.45, 7) is 0. The number of halogens is 1. The van der Waals surface area contributed by atoms with Crippen molar-refractivity contribution in [2.75, 3.05) is 5.73 Å². The Balaban J connectivity index is 2.01. The van der Waals surface area contributed by atoms with Crippen molar-refractivity contribution >= 4 is 33.0 Å². The van der Waals surface area contributed by atoms with E-state index in [0.717, 1.165) is 34.2 Å². The first-order chi connectivity index (χ1) is 10.2. The molecule has 0 unspecified atom stereocenters. The highest BCUT2D eigenvalue weighted by atomic mass is 79.9. The summed E-state index contributed by atoms with van der Waals surface area (Å²) in [5.74, 6) is 0.495. The zero-order chi connectivity index (χ0) is 14.4. The van der Waals surface area contributed by atoms with Gasteiger partial charge in [0.2, 0.25) is 5.95 Å². The van der Waals surface area contributed by atoms with Crippen LogP contribution in [0, 0.1) is 0 Å². The number of benzene rings is 1. The molecule has 1 aliphatic rings. The zero-order valence-electron chi connectivity index (χ0n) is 11.5. The van der Waals surface area contributed by atoms with Gasteiger partial charge in [0.15, 0.2) is 5.65 Å². The normalized spacial score (nSPS) is 14.3. The third-order valence-electron chi connectivity index (χ3n) is 4.10. The number of imidazole rings is 1. The van der Waals surface area contributed by atoms with E-state index >= 15 is 0 Å². The van der Waals surface area contributed by atoms with E-state index in [-0.39, 0.29) is 0 Å². The van der Waals surface area contributed by atoms with Crippen LogP contribution in [0.5, 0.6) is 0 Å². The number of aromatic nitrogens is 3. The first-order valence-electron chi connectivity index (χ1n) is 7.14. The summed E-state index contributed by atoms with van der Waals surface area (Å²) in [7, 11) is 0. The summed E-state index contributed by atoms with van der Waals surface area (Å²) in [6, 6.07) is 8.39. The monoisotopic (exact) mass is 342 g/mol. The Kier molecular flexibility index (Phi) is 2.96. The quantitative estimate of drug-likeness (QED) is 0.734. The molecule has 0 aliphatic heterocycles. The second-order valence-corrected chi connectivity index (χ2v) is 6.34. The molecule has 0 amide bonds. The van der Waals surface area contributed by atoms with Crippen LogP contribution in [0.15, 0.2) is 34.9 Å².